The Hall–Kier alpha value is -0.590. The van der Waals surface area contributed by atoms with Crippen molar-refractivity contribution >= 4 is 5.78 Å². The smallest absolute Gasteiger partial charge is 0.159 e. The fourth-order valence-corrected chi connectivity index (χ4v) is 2.41. The molecule has 1 unspecified atom stereocenters. The minimum absolute atomic E-state index is 0.210. The average Bonchev–Trinajstić information content (AvgIpc) is 2.01. The van der Waals surface area contributed by atoms with Crippen LogP contribution < -0.4 is 0 Å². The van der Waals surface area contributed by atoms with Gasteiger partial charge in [-0.05, 0) is 38.2 Å². The van der Waals surface area contributed by atoms with Gasteiger partial charge in [-0.25, -0.2) is 0 Å². The zero-order chi connectivity index (χ0) is 10.8. The maximum atomic E-state index is 11.9. The van der Waals surface area contributed by atoms with Crippen LogP contribution in [0.4, 0.5) is 0 Å². The molecule has 80 valence electrons. The summed E-state index contributed by atoms with van der Waals surface area (Å²) >= 11 is 0. The van der Waals surface area contributed by atoms with E-state index in [1.54, 1.807) is 0 Å². The number of ketones is 1. The van der Waals surface area contributed by atoms with Crippen LogP contribution in [0.3, 0.4) is 0 Å². The summed E-state index contributed by atoms with van der Waals surface area (Å²) in [5.74, 6) is 0.598. The van der Waals surface area contributed by atoms with Gasteiger partial charge in [-0.1, -0.05) is 32.3 Å². The molecule has 14 heavy (non-hydrogen) atoms. The van der Waals surface area contributed by atoms with Gasteiger partial charge in [-0.3, -0.25) is 4.79 Å². The molecule has 0 amide bonds. The fourth-order valence-electron chi connectivity index (χ4n) is 2.41. The highest BCUT2D eigenvalue weighted by molar-refractivity contribution is 5.92. The van der Waals surface area contributed by atoms with Crippen LogP contribution in [0.1, 0.15) is 53.4 Å². The molecule has 1 aliphatic carbocycles. The van der Waals surface area contributed by atoms with Crippen LogP contribution in [0.25, 0.3) is 0 Å². The molecule has 1 rings (SSSR count). The van der Waals surface area contributed by atoms with E-state index >= 15 is 0 Å². The molecule has 1 fully saturated rings. The van der Waals surface area contributed by atoms with Gasteiger partial charge in [0.05, 0.1) is 0 Å². The summed E-state index contributed by atoms with van der Waals surface area (Å²) in [6.45, 7) is 8.45. The normalized spacial score (nSPS) is 25.6. The number of allylic oxidation sites excluding steroid dienone is 2. The predicted octanol–water partition coefficient (Wildman–Crippen LogP) is 3.74. The Kier molecular flexibility index (Phi) is 3.52. The van der Waals surface area contributed by atoms with Crippen molar-refractivity contribution in [2.45, 2.75) is 53.4 Å². The van der Waals surface area contributed by atoms with Gasteiger partial charge in [0.2, 0.25) is 0 Å². The third-order valence-electron chi connectivity index (χ3n) is 3.28. The van der Waals surface area contributed by atoms with Gasteiger partial charge in [-0.15, -0.1) is 0 Å². The number of rotatable bonds is 2. The standard InChI is InChI=1S/C13H22O/c1-10(2)9-12(14)11-7-5-6-8-13(11,3)4/h9,11H,5-8H2,1-4H3. The van der Waals surface area contributed by atoms with E-state index < -0.39 is 0 Å². The molecule has 0 aromatic rings. The summed E-state index contributed by atoms with van der Waals surface area (Å²) in [5, 5.41) is 0. The van der Waals surface area contributed by atoms with Crippen molar-refractivity contribution in [1.29, 1.82) is 0 Å². The minimum atomic E-state index is 0.210. The summed E-state index contributed by atoms with van der Waals surface area (Å²) in [7, 11) is 0. The molecular formula is C13H22O. The lowest BCUT2D eigenvalue weighted by Gasteiger charge is -2.37. The average molecular weight is 194 g/mol. The molecule has 1 atom stereocenters. The molecule has 0 saturated heterocycles. The first kappa shape index (κ1) is 11.5. The lowest BCUT2D eigenvalue weighted by Crippen LogP contribution is -2.33. The molecule has 1 aliphatic rings. The third kappa shape index (κ3) is 2.70. The molecule has 0 heterocycles. The Balaban J connectivity index is 2.75. The van der Waals surface area contributed by atoms with Crippen molar-refractivity contribution in [2.24, 2.45) is 11.3 Å². The number of hydrogen-bond donors (Lipinski definition) is 0. The molecule has 0 N–H and O–H groups in total. The van der Waals surface area contributed by atoms with Crippen LogP contribution in [0.15, 0.2) is 11.6 Å². The maximum Gasteiger partial charge on any atom is 0.159 e. The number of hydrogen-bond acceptors (Lipinski definition) is 1. The molecule has 0 bridgehead atoms. The molecule has 1 nitrogen and oxygen atoms in total. The Bertz CT molecular complexity index is 244. The number of carbonyl (C=O) groups is 1. The Morgan fingerprint density at radius 2 is 1.93 bits per heavy atom. The van der Waals surface area contributed by atoms with Crippen molar-refractivity contribution in [3.05, 3.63) is 11.6 Å². The van der Waals surface area contributed by atoms with Gasteiger partial charge in [0, 0.05) is 5.92 Å². The van der Waals surface area contributed by atoms with E-state index in [1.807, 2.05) is 19.9 Å². The predicted molar refractivity (Wildman–Crippen MR) is 60.2 cm³/mol. The van der Waals surface area contributed by atoms with Gasteiger partial charge >= 0.3 is 0 Å². The molecule has 1 heteroatoms. The van der Waals surface area contributed by atoms with E-state index in [4.69, 9.17) is 0 Å². The van der Waals surface area contributed by atoms with Crippen LogP contribution in [0.2, 0.25) is 0 Å². The second kappa shape index (κ2) is 4.29. The van der Waals surface area contributed by atoms with Gasteiger partial charge in [0.15, 0.2) is 5.78 Å². The second-order valence-electron chi connectivity index (χ2n) is 5.41. The van der Waals surface area contributed by atoms with Crippen LogP contribution in [-0.2, 0) is 4.79 Å². The zero-order valence-corrected chi connectivity index (χ0v) is 9.89. The first-order chi connectivity index (χ1) is 6.43. The molecule has 1 saturated carbocycles. The minimum Gasteiger partial charge on any atom is -0.295 e. The highest BCUT2D eigenvalue weighted by atomic mass is 16.1. The quantitative estimate of drug-likeness (QED) is 0.612. The third-order valence-corrected chi connectivity index (χ3v) is 3.28. The van der Waals surface area contributed by atoms with Crippen LogP contribution >= 0.6 is 0 Å². The number of carbonyl (C=O) groups excluding carboxylic acids is 1. The Labute approximate surface area is 87.6 Å². The van der Waals surface area contributed by atoms with Crippen molar-refractivity contribution in [1.82, 2.24) is 0 Å². The van der Waals surface area contributed by atoms with E-state index in [0.717, 1.165) is 12.0 Å². The summed E-state index contributed by atoms with van der Waals surface area (Å²) in [6, 6.07) is 0. The Morgan fingerprint density at radius 1 is 1.29 bits per heavy atom. The van der Waals surface area contributed by atoms with Crippen molar-refractivity contribution in [3.63, 3.8) is 0 Å². The molecule has 0 aromatic carbocycles. The van der Waals surface area contributed by atoms with Gasteiger partial charge in [0.1, 0.15) is 0 Å². The summed E-state index contributed by atoms with van der Waals surface area (Å²) in [4.78, 5) is 11.9. The lowest BCUT2D eigenvalue weighted by molar-refractivity contribution is -0.123. The molecule has 0 radical (unpaired) electrons. The maximum absolute atomic E-state index is 11.9. The lowest BCUT2D eigenvalue weighted by atomic mass is 9.67. The zero-order valence-electron chi connectivity index (χ0n) is 9.89. The monoisotopic (exact) mass is 194 g/mol. The highest BCUT2D eigenvalue weighted by Crippen LogP contribution is 2.41. The van der Waals surface area contributed by atoms with Gasteiger partial charge in [-0.2, -0.15) is 0 Å². The first-order valence-corrected chi connectivity index (χ1v) is 5.62. The van der Waals surface area contributed by atoms with Crippen LogP contribution in [0, 0.1) is 11.3 Å². The van der Waals surface area contributed by atoms with E-state index in [2.05, 4.69) is 13.8 Å². The first-order valence-electron chi connectivity index (χ1n) is 5.62. The highest BCUT2D eigenvalue weighted by Gasteiger charge is 2.35. The molecular weight excluding hydrogens is 172 g/mol. The second-order valence-corrected chi connectivity index (χ2v) is 5.41. The summed E-state index contributed by atoms with van der Waals surface area (Å²) < 4.78 is 0. The Morgan fingerprint density at radius 3 is 2.43 bits per heavy atom. The van der Waals surface area contributed by atoms with Gasteiger partial charge < -0.3 is 0 Å². The van der Waals surface area contributed by atoms with Crippen LogP contribution in [0.5, 0.6) is 0 Å². The van der Waals surface area contributed by atoms with Gasteiger partial charge in [0.25, 0.3) is 0 Å². The van der Waals surface area contributed by atoms with Crippen molar-refractivity contribution in [3.8, 4) is 0 Å². The molecule has 0 aromatic heterocycles. The summed E-state index contributed by atoms with van der Waals surface area (Å²) in [6.07, 6.45) is 6.59. The van der Waals surface area contributed by atoms with Crippen molar-refractivity contribution < 1.29 is 4.79 Å². The van der Waals surface area contributed by atoms with E-state index in [1.165, 1.54) is 19.3 Å². The SMILES string of the molecule is CC(C)=CC(=O)C1CCCCC1(C)C. The molecule has 0 aliphatic heterocycles. The molecule has 0 spiro atoms. The van der Waals surface area contributed by atoms with Crippen LogP contribution in [-0.4, -0.2) is 5.78 Å². The van der Waals surface area contributed by atoms with E-state index in [0.29, 0.717) is 5.78 Å². The van der Waals surface area contributed by atoms with E-state index in [-0.39, 0.29) is 11.3 Å². The topological polar surface area (TPSA) is 17.1 Å². The fraction of sp³-hybridized carbons (Fsp3) is 0.769. The summed E-state index contributed by atoms with van der Waals surface area (Å²) in [5.41, 5.74) is 1.33. The van der Waals surface area contributed by atoms with Crippen molar-refractivity contribution in [2.75, 3.05) is 0 Å². The largest absolute Gasteiger partial charge is 0.295 e. The van der Waals surface area contributed by atoms with E-state index in [9.17, 15) is 4.79 Å².